The summed E-state index contributed by atoms with van der Waals surface area (Å²) in [6, 6.07) is 10.3. The van der Waals surface area contributed by atoms with E-state index in [0.29, 0.717) is 37.7 Å². The first-order chi connectivity index (χ1) is 17.1. The normalized spacial score (nSPS) is 15.6. The number of thiazole rings is 1. The highest BCUT2D eigenvalue weighted by Crippen LogP contribution is 2.37. The van der Waals surface area contributed by atoms with Gasteiger partial charge >= 0.3 is 5.97 Å². The summed E-state index contributed by atoms with van der Waals surface area (Å²) >= 11 is 8.27. The predicted octanol–water partition coefficient (Wildman–Crippen LogP) is 4.73. The van der Waals surface area contributed by atoms with Gasteiger partial charge in [0.2, 0.25) is 0 Å². The van der Waals surface area contributed by atoms with Gasteiger partial charge in [-0.15, -0.1) is 0 Å². The standard InChI is InChI=1S/C26H24Br2N2O5S/c1-13(2)35-25(32)22-14(3)29-26-30(23(22)17-12-16(27)7-9-19(17)33-4)24(31)21(36-26)11-15-6-8-20(34-5)18(28)10-15/h6-13,23H,1-5H3/b21-11-/t23-/m0/s1. The van der Waals surface area contributed by atoms with E-state index in [1.807, 2.05) is 30.3 Å². The number of carbonyl (C=O) groups excluding carboxylic acids is 1. The van der Waals surface area contributed by atoms with E-state index in [1.165, 1.54) is 11.3 Å². The second-order valence-corrected chi connectivity index (χ2v) is 11.1. The molecule has 7 nitrogen and oxygen atoms in total. The number of aromatic nitrogens is 1. The van der Waals surface area contributed by atoms with E-state index < -0.39 is 12.0 Å². The molecule has 10 heteroatoms. The van der Waals surface area contributed by atoms with Crippen LogP contribution in [0.5, 0.6) is 11.5 Å². The van der Waals surface area contributed by atoms with Crippen LogP contribution in [0.1, 0.15) is 37.9 Å². The number of allylic oxidation sites excluding steroid dienone is 1. The lowest BCUT2D eigenvalue weighted by atomic mass is 9.95. The Morgan fingerprint density at radius 3 is 2.44 bits per heavy atom. The largest absolute Gasteiger partial charge is 0.496 e. The summed E-state index contributed by atoms with van der Waals surface area (Å²) < 4.78 is 20.1. The molecule has 2 aromatic carbocycles. The van der Waals surface area contributed by atoms with Crippen LogP contribution in [-0.2, 0) is 9.53 Å². The highest BCUT2D eigenvalue weighted by atomic mass is 79.9. The summed E-state index contributed by atoms with van der Waals surface area (Å²) in [5, 5.41) is 0. The van der Waals surface area contributed by atoms with Crippen molar-refractivity contribution in [2.45, 2.75) is 32.9 Å². The lowest BCUT2D eigenvalue weighted by molar-refractivity contribution is -0.143. The molecular formula is C26H24Br2N2O5S. The average Bonchev–Trinajstić information content (AvgIpc) is 3.12. The second-order valence-electron chi connectivity index (χ2n) is 8.32. The van der Waals surface area contributed by atoms with Crippen LogP contribution in [0.2, 0.25) is 0 Å². The molecule has 0 unspecified atom stereocenters. The van der Waals surface area contributed by atoms with E-state index in [9.17, 15) is 9.59 Å². The molecule has 1 aliphatic heterocycles. The SMILES string of the molecule is COc1ccc(/C=c2\sc3n(c2=O)[C@@H](c2cc(Br)ccc2OC)C(C(=O)OC(C)C)=C(C)N=3)cc1Br. The van der Waals surface area contributed by atoms with Crippen LogP contribution in [0.25, 0.3) is 6.08 Å². The second kappa shape index (κ2) is 10.7. The molecule has 4 rings (SSSR count). The summed E-state index contributed by atoms with van der Waals surface area (Å²) in [7, 11) is 3.15. The smallest absolute Gasteiger partial charge is 0.338 e. The molecule has 0 radical (unpaired) electrons. The van der Waals surface area contributed by atoms with Gasteiger partial charge in [0, 0.05) is 10.0 Å². The van der Waals surface area contributed by atoms with Crippen LogP contribution in [0.4, 0.5) is 0 Å². The lowest BCUT2D eigenvalue weighted by Crippen LogP contribution is -2.40. The first-order valence-electron chi connectivity index (χ1n) is 11.0. The third kappa shape index (κ3) is 5.07. The first-order valence-corrected chi connectivity index (χ1v) is 13.4. The van der Waals surface area contributed by atoms with Gasteiger partial charge in [-0.3, -0.25) is 9.36 Å². The number of benzene rings is 2. The van der Waals surface area contributed by atoms with Crippen molar-refractivity contribution in [3.05, 3.63) is 87.4 Å². The quantitative estimate of drug-likeness (QED) is 0.366. The molecule has 0 bridgehead atoms. The minimum absolute atomic E-state index is 0.264. The van der Waals surface area contributed by atoms with Gasteiger partial charge in [0.05, 0.1) is 40.6 Å². The van der Waals surface area contributed by atoms with Crippen LogP contribution in [0.15, 0.2) is 66.4 Å². The maximum absolute atomic E-state index is 13.8. The molecule has 0 fully saturated rings. The zero-order valence-electron chi connectivity index (χ0n) is 20.3. The highest BCUT2D eigenvalue weighted by molar-refractivity contribution is 9.10. The first kappa shape index (κ1) is 26.4. The topological polar surface area (TPSA) is 79.1 Å². The van der Waals surface area contributed by atoms with Crippen LogP contribution in [-0.4, -0.2) is 30.9 Å². The van der Waals surface area contributed by atoms with E-state index in [-0.39, 0.29) is 11.7 Å². The van der Waals surface area contributed by atoms with Crippen molar-refractivity contribution in [1.29, 1.82) is 0 Å². The number of fused-ring (bicyclic) bond motifs is 1. The molecule has 0 aliphatic carbocycles. The van der Waals surface area contributed by atoms with Gasteiger partial charge in [0.15, 0.2) is 4.80 Å². The number of rotatable bonds is 6. The molecule has 1 aromatic heterocycles. The minimum atomic E-state index is -0.773. The number of esters is 1. The summed E-state index contributed by atoms with van der Waals surface area (Å²) in [5.74, 6) is 0.715. The molecule has 0 saturated carbocycles. The summed E-state index contributed by atoms with van der Waals surface area (Å²) in [6.45, 7) is 5.32. The van der Waals surface area contributed by atoms with Crippen LogP contribution in [0.3, 0.4) is 0 Å². The monoisotopic (exact) mass is 634 g/mol. The number of hydrogen-bond acceptors (Lipinski definition) is 7. The number of hydrogen-bond donors (Lipinski definition) is 0. The van der Waals surface area contributed by atoms with Crippen LogP contribution in [0, 0.1) is 0 Å². The number of methoxy groups -OCH3 is 2. The molecular weight excluding hydrogens is 612 g/mol. The van der Waals surface area contributed by atoms with Crippen molar-refractivity contribution >= 4 is 55.2 Å². The van der Waals surface area contributed by atoms with Gasteiger partial charge in [0.1, 0.15) is 17.5 Å². The Bertz CT molecular complexity index is 1560. The number of ether oxygens (including phenoxy) is 3. The summed E-state index contributed by atoms with van der Waals surface area (Å²) in [5.41, 5.74) is 2.00. The van der Waals surface area contributed by atoms with Crippen molar-refractivity contribution in [2.75, 3.05) is 14.2 Å². The van der Waals surface area contributed by atoms with E-state index in [1.54, 1.807) is 51.7 Å². The number of halogens is 2. The Morgan fingerprint density at radius 2 is 1.81 bits per heavy atom. The molecule has 188 valence electrons. The summed E-state index contributed by atoms with van der Waals surface area (Å²) in [6.07, 6.45) is 1.47. The van der Waals surface area contributed by atoms with Gasteiger partial charge in [-0.1, -0.05) is 33.3 Å². The van der Waals surface area contributed by atoms with E-state index >= 15 is 0 Å². The van der Waals surface area contributed by atoms with Gasteiger partial charge in [-0.2, -0.15) is 0 Å². The Hall–Kier alpha value is -2.69. The van der Waals surface area contributed by atoms with Crippen molar-refractivity contribution in [2.24, 2.45) is 4.99 Å². The van der Waals surface area contributed by atoms with Gasteiger partial charge < -0.3 is 14.2 Å². The highest BCUT2D eigenvalue weighted by Gasteiger charge is 2.35. The molecule has 0 saturated heterocycles. The van der Waals surface area contributed by atoms with Crippen molar-refractivity contribution in [3.63, 3.8) is 0 Å². The molecule has 3 aromatic rings. The van der Waals surface area contributed by atoms with Gasteiger partial charge in [0.25, 0.3) is 5.56 Å². The lowest BCUT2D eigenvalue weighted by Gasteiger charge is -2.26. The molecule has 0 N–H and O–H groups in total. The predicted molar refractivity (Wildman–Crippen MR) is 146 cm³/mol. The van der Waals surface area contributed by atoms with E-state index in [4.69, 9.17) is 14.2 Å². The van der Waals surface area contributed by atoms with Crippen molar-refractivity contribution in [1.82, 2.24) is 4.57 Å². The van der Waals surface area contributed by atoms with E-state index in [2.05, 4.69) is 36.9 Å². The number of carbonyl (C=O) groups is 1. The van der Waals surface area contributed by atoms with Crippen molar-refractivity contribution in [3.8, 4) is 11.5 Å². The van der Waals surface area contributed by atoms with Gasteiger partial charge in [-0.05, 0) is 78.7 Å². The Kier molecular flexibility index (Phi) is 7.87. The molecule has 0 amide bonds. The van der Waals surface area contributed by atoms with Crippen LogP contribution >= 0.6 is 43.2 Å². The fourth-order valence-corrected chi connectivity index (χ4v) is 5.98. The fourth-order valence-electron chi connectivity index (χ4n) is 4.00. The molecule has 2 heterocycles. The summed E-state index contributed by atoms with van der Waals surface area (Å²) in [4.78, 5) is 32.2. The number of nitrogens with zero attached hydrogens (tertiary/aromatic N) is 2. The van der Waals surface area contributed by atoms with Gasteiger partial charge in [-0.25, -0.2) is 9.79 Å². The average molecular weight is 636 g/mol. The zero-order valence-corrected chi connectivity index (χ0v) is 24.3. The van der Waals surface area contributed by atoms with Crippen LogP contribution < -0.4 is 24.4 Å². The Labute approximate surface area is 229 Å². The van der Waals surface area contributed by atoms with E-state index in [0.717, 1.165) is 14.5 Å². The molecule has 1 atom stereocenters. The molecule has 1 aliphatic rings. The minimum Gasteiger partial charge on any atom is -0.496 e. The molecule has 36 heavy (non-hydrogen) atoms. The third-order valence-electron chi connectivity index (χ3n) is 5.54. The fraction of sp³-hybridized carbons (Fsp3) is 0.269. The Balaban J connectivity index is 1.98. The Morgan fingerprint density at radius 1 is 1.11 bits per heavy atom. The molecule has 0 spiro atoms. The maximum Gasteiger partial charge on any atom is 0.338 e. The maximum atomic E-state index is 13.8. The zero-order chi connectivity index (χ0) is 26.1. The van der Waals surface area contributed by atoms with Crippen molar-refractivity contribution < 1.29 is 19.0 Å². The third-order valence-corrected chi connectivity index (χ3v) is 7.64.